The minimum Gasteiger partial charge on any atom is -0.390 e. The molecule has 33 heavy (non-hydrogen) atoms. The van der Waals surface area contributed by atoms with Crippen LogP contribution in [0.2, 0.25) is 0 Å². The highest BCUT2D eigenvalue weighted by Crippen LogP contribution is 2.60. The number of fused-ring (bicyclic) bond motifs is 1. The predicted molar refractivity (Wildman–Crippen MR) is 145 cm³/mol. The molecule has 0 saturated heterocycles. The molecule has 3 aliphatic rings. The van der Waals surface area contributed by atoms with Gasteiger partial charge in [-0.05, 0) is 114 Å². The summed E-state index contributed by atoms with van der Waals surface area (Å²) in [5.74, 6) is 2.27. The van der Waals surface area contributed by atoms with E-state index in [0.29, 0.717) is 5.41 Å². The third-order valence-corrected chi connectivity index (χ3v) is 8.90. The largest absolute Gasteiger partial charge is 0.390 e. The fourth-order valence-corrected chi connectivity index (χ4v) is 7.31. The second-order valence-corrected chi connectivity index (χ2v) is 13.8. The van der Waals surface area contributed by atoms with Crippen LogP contribution < -0.4 is 0 Å². The summed E-state index contributed by atoms with van der Waals surface area (Å²) in [4.78, 5) is -0.388. The molecule has 0 aromatic carbocycles. The van der Waals surface area contributed by atoms with Crippen molar-refractivity contribution in [2.45, 2.75) is 129 Å². The lowest BCUT2D eigenvalue weighted by molar-refractivity contribution is -0.0190. The molecule has 3 saturated carbocycles. The zero-order valence-corrected chi connectivity index (χ0v) is 23.1. The van der Waals surface area contributed by atoms with Crippen molar-refractivity contribution in [1.29, 1.82) is 0 Å². The van der Waals surface area contributed by atoms with E-state index < -0.39 is 5.60 Å². The SMILES string of the molecule is C=C1CC[C@H](OC(C)(C)S)C/C1=C/C=C1\CCC[C@]2(C)[C@@H]([C@H](C)CCCC(C)(C)O)CC[C@@H]12. The van der Waals surface area contributed by atoms with E-state index in [9.17, 15) is 5.11 Å². The minimum absolute atomic E-state index is 0.241. The van der Waals surface area contributed by atoms with E-state index in [0.717, 1.165) is 49.9 Å². The van der Waals surface area contributed by atoms with Crippen molar-refractivity contribution in [1.82, 2.24) is 0 Å². The van der Waals surface area contributed by atoms with Gasteiger partial charge in [0, 0.05) is 0 Å². The summed E-state index contributed by atoms with van der Waals surface area (Å²) in [6.07, 6.45) is 18.0. The molecular formula is C30H50O2S. The molecule has 0 radical (unpaired) electrons. The van der Waals surface area contributed by atoms with E-state index in [1.165, 1.54) is 49.7 Å². The first-order valence-electron chi connectivity index (χ1n) is 13.5. The van der Waals surface area contributed by atoms with Crippen LogP contribution in [0.15, 0.2) is 35.5 Å². The molecule has 3 heteroatoms. The highest BCUT2D eigenvalue weighted by Gasteiger charge is 2.50. The number of hydrogen-bond acceptors (Lipinski definition) is 3. The van der Waals surface area contributed by atoms with Gasteiger partial charge in [0.25, 0.3) is 0 Å². The summed E-state index contributed by atoms with van der Waals surface area (Å²) < 4.78 is 6.17. The van der Waals surface area contributed by atoms with E-state index in [4.69, 9.17) is 4.74 Å². The summed E-state index contributed by atoms with van der Waals surface area (Å²) in [6.45, 7) is 17.3. The molecular weight excluding hydrogens is 424 g/mol. The monoisotopic (exact) mass is 474 g/mol. The summed E-state index contributed by atoms with van der Waals surface area (Å²) in [7, 11) is 0. The number of rotatable bonds is 8. The van der Waals surface area contributed by atoms with Crippen LogP contribution in [0.5, 0.6) is 0 Å². The Hall–Kier alpha value is -0.510. The molecule has 0 bridgehead atoms. The van der Waals surface area contributed by atoms with Crippen LogP contribution in [-0.2, 0) is 4.74 Å². The fourth-order valence-electron chi connectivity index (χ4n) is 7.16. The van der Waals surface area contributed by atoms with Gasteiger partial charge in [0.05, 0.1) is 11.7 Å². The van der Waals surface area contributed by atoms with Crippen molar-refractivity contribution in [3.8, 4) is 0 Å². The lowest BCUT2D eigenvalue weighted by Gasteiger charge is -2.44. The number of allylic oxidation sites excluding steroid dienone is 4. The Labute approximate surface area is 209 Å². The molecule has 5 atom stereocenters. The Kier molecular flexibility index (Phi) is 8.72. The molecule has 2 nitrogen and oxygen atoms in total. The summed E-state index contributed by atoms with van der Waals surface area (Å²) in [5.41, 5.74) is 4.23. The van der Waals surface area contributed by atoms with E-state index >= 15 is 0 Å². The molecule has 0 aromatic rings. The molecule has 0 aromatic heterocycles. The van der Waals surface area contributed by atoms with Gasteiger partial charge in [0.15, 0.2) is 0 Å². The van der Waals surface area contributed by atoms with Gasteiger partial charge in [-0.3, -0.25) is 0 Å². The van der Waals surface area contributed by atoms with Crippen LogP contribution in [0.3, 0.4) is 0 Å². The van der Waals surface area contributed by atoms with Crippen LogP contribution >= 0.6 is 12.6 Å². The van der Waals surface area contributed by atoms with Crippen LogP contribution in [0.1, 0.15) is 112 Å². The van der Waals surface area contributed by atoms with Crippen LogP contribution in [0.4, 0.5) is 0 Å². The lowest BCUT2D eigenvalue weighted by atomic mass is 9.60. The molecule has 3 rings (SSSR count). The van der Waals surface area contributed by atoms with Crippen molar-refractivity contribution in [3.05, 3.63) is 35.5 Å². The number of hydrogen-bond donors (Lipinski definition) is 2. The second kappa shape index (κ2) is 10.6. The quantitative estimate of drug-likeness (QED) is 0.273. The Morgan fingerprint density at radius 3 is 2.58 bits per heavy atom. The fraction of sp³-hybridized carbons (Fsp3) is 0.800. The molecule has 188 valence electrons. The molecule has 3 fully saturated rings. The average Bonchev–Trinajstić information content (AvgIpc) is 3.03. The third kappa shape index (κ3) is 7.24. The molecule has 0 heterocycles. The molecule has 0 amide bonds. The van der Waals surface area contributed by atoms with Gasteiger partial charge in [-0.2, -0.15) is 0 Å². The Morgan fingerprint density at radius 1 is 1.18 bits per heavy atom. The Balaban J connectivity index is 1.68. The third-order valence-electron chi connectivity index (χ3n) is 8.80. The smallest absolute Gasteiger partial charge is 0.105 e. The van der Waals surface area contributed by atoms with E-state index in [2.05, 4.69) is 45.2 Å². The molecule has 1 N–H and O–H groups in total. The van der Waals surface area contributed by atoms with Crippen molar-refractivity contribution in [2.75, 3.05) is 0 Å². The van der Waals surface area contributed by atoms with E-state index in [-0.39, 0.29) is 11.0 Å². The lowest BCUT2D eigenvalue weighted by Crippen LogP contribution is -2.36. The zero-order chi connectivity index (χ0) is 24.4. The first-order chi connectivity index (χ1) is 15.3. The number of thiol groups is 1. The Bertz CT molecular complexity index is 750. The maximum absolute atomic E-state index is 10.1. The predicted octanol–water partition coefficient (Wildman–Crippen LogP) is 8.42. The van der Waals surface area contributed by atoms with Gasteiger partial charge in [0.1, 0.15) is 4.93 Å². The standard InChI is InChI=1S/C30H50O2S/c1-21-12-15-25(32-29(5,6)33)20-24(21)14-13-23-11-9-19-30(7)26(16-17-27(23)30)22(2)10-8-18-28(3,4)31/h13-14,22,25-27,31,33H,1,8-12,15-20H2,2-7H3/b23-13+,24-14-/t22-,25+,26-,27+,30-/m1/s1. The maximum Gasteiger partial charge on any atom is 0.105 e. The van der Waals surface area contributed by atoms with Gasteiger partial charge in [-0.25, -0.2) is 0 Å². The van der Waals surface area contributed by atoms with E-state index in [1.807, 2.05) is 27.7 Å². The second-order valence-electron chi connectivity index (χ2n) is 12.7. The summed E-state index contributed by atoms with van der Waals surface area (Å²) in [6, 6.07) is 0. The summed E-state index contributed by atoms with van der Waals surface area (Å²) >= 11 is 4.57. The number of aliphatic hydroxyl groups is 1. The molecule has 0 unspecified atom stereocenters. The first-order valence-corrected chi connectivity index (χ1v) is 13.9. The Morgan fingerprint density at radius 2 is 1.91 bits per heavy atom. The van der Waals surface area contributed by atoms with Gasteiger partial charge in [-0.15, -0.1) is 12.6 Å². The van der Waals surface area contributed by atoms with Gasteiger partial charge < -0.3 is 9.84 Å². The first kappa shape index (κ1) is 27.1. The normalized spacial score (nSPS) is 34.7. The van der Waals surface area contributed by atoms with Crippen molar-refractivity contribution in [3.63, 3.8) is 0 Å². The maximum atomic E-state index is 10.1. The zero-order valence-electron chi connectivity index (χ0n) is 22.3. The topological polar surface area (TPSA) is 29.5 Å². The van der Waals surface area contributed by atoms with Gasteiger partial charge >= 0.3 is 0 Å². The number of ether oxygens (including phenoxy) is 1. The van der Waals surface area contributed by atoms with E-state index in [1.54, 1.807) is 5.57 Å². The van der Waals surface area contributed by atoms with Crippen molar-refractivity contribution in [2.24, 2.45) is 23.2 Å². The molecule has 0 spiro atoms. The van der Waals surface area contributed by atoms with Crippen LogP contribution in [0, 0.1) is 23.2 Å². The van der Waals surface area contributed by atoms with Crippen LogP contribution in [0.25, 0.3) is 0 Å². The summed E-state index contributed by atoms with van der Waals surface area (Å²) in [5, 5.41) is 10.1. The van der Waals surface area contributed by atoms with Gasteiger partial charge in [-0.1, -0.05) is 56.6 Å². The molecule has 3 aliphatic carbocycles. The average molecular weight is 475 g/mol. The highest BCUT2D eigenvalue weighted by molar-refractivity contribution is 7.81. The van der Waals surface area contributed by atoms with Crippen molar-refractivity contribution >= 4 is 12.6 Å². The van der Waals surface area contributed by atoms with Crippen LogP contribution in [-0.4, -0.2) is 21.7 Å². The van der Waals surface area contributed by atoms with Crippen molar-refractivity contribution < 1.29 is 9.84 Å². The molecule has 0 aliphatic heterocycles. The highest BCUT2D eigenvalue weighted by atomic mass is 32.1. The minimum atomic E-state index is -0.536. The van der Waals surface area contributed by atoms with Gasteiger partial charge in [0.2, 0.25) is 0 Å².